The average molecular weight is 394 g/mol. The minimum atomic E-state index is -4.58. The van der Waals surface area contributed by atoms with Gasteiger partial charge in [-0.3, -0.25) is 4.79 Å². The first-order valence-corrected chi connectivity index (χ1v) is 8.70. The number of rotatable bonds is 3. The number of furan rings is 1. The van der Waals surface area contributed by atoms with E-state index in [4.69, 9.17) is 9.15 Å². The fourth-order valence-electron chi connectivity index (χ4n) is 3.24. The number of alkyl halides is 3. The van der Waals surface area contributed by atoms with Crippen LogP contribution in [-0.2, 0) is 19.3 Å². The standard InChI is InChI=1S/C18H17F3N4O3/c1-10(2)28-14-8-11(7-13-12(14)3-6-27-13)16(26)24-4-5-25-15(9-24)22-23-17(25)18(19,20)21/h3,6-8,10H,4-5,9H2,1-2H3. The first-order chi connectivity index (χ1) is 13.2. The Balaban J connectivity index is 1.63. The van der Waals surface area contributed by atoms with Crippen LogP contribution in [0.4, 0.5) is 13.2 Å². The molecule has 0 bridgehead atoms. The predicted molar refractivity (Wildman–Crippen MR) is 91.7 cm³/mol. The first kappa shape index (κ1) is 18.3. The number of carbonyl (C=O) groups is 1. The van der Waals surface area contributed by atoms with Crippen molar-refractivity contribution in [2.75, 3.05) is 6.54 Å². The summed E-state index contributed by atoms with van der Waals surface area (Å²) >= 11 is 0. The Morgan fingerprint density at radius 2 is 2.04 bits per heavy atom. The molecule has 1 aliphatic rings. The molecule has 0 N–H and O–H groups in total. The fourth-order valence-corrected chi connectivity index (χ4v) is 3.24. The third-order valence-electron chi connectivity index (χ3n) is 4.44. The molecule has 0 aliphatic carbocycles. The van der Waals surface area contributed by atoms with Gasteiger partial charge in [0.2, 0.25) is 5.82 Å². The second-order valence-corrected chi connectivity index (χ2v) is 6.79. The fraction of sp³-hybridized carbons (Fsp3) is 0.389. The van der Waals surface area contributed by atoms with E-state index in [1.54, 1.807) is 18.2 Å². The maximum Gasteiger partial charge on any atom is 0.451 e. The third kappa shape index (κ3) is 3.19. The summed E-state index contributed by atoms with van der Waals surface area (Å²) < 4.78 is 51.1. The third-order valence-corrected chi connectivity index (χ3v) is 4.44. The Hall–Kier alpha value is -3.04. The molecule has 0 saturated heterocycles. The smallest absolute Gasteiger partial charge is 0.451 e. The van der Waals surface area contributed by atoms with E-state index in [1.807, 2.05) is 13.8 Å². The lowest BCUT2D eigenvalue weighted by molar-refractivity contribution is -0.147. The number of nitrogens with zero attached hydrogens (tertiary/aromatic N) is 4. The largest absolute Gasteiger partial charge is 0.490 e. The molecule has 0 atom stereocenters. The van der Waals surface area contributed by atoms with Gasteiger partial charge in [0.25, 0.3) is 5.91 Å². The van der Waals surface area contributed by atoms with Crippen molar-refractivity contribution in [2.24, 2.45) is 0 Å². The van der Waals surface area contributed by atoms with Gasteiger partial charge in [-0.1, -0.05) is 0 Å². The highest BCUT2D eigenvalue weighted by Gasteiger charge is 2.40. The molecule has 3 heterocycles. The van der Waals surface area contributed by atoms with Crippen LogP contribution in [0.3, 0.4) is 0 Å². The number of carbonyl (C=O) groups excluding carboxylic acids is 1. The Kier molecular flexibility index (Phi) is 4.28. The van der Waals surface area contributed by atoms with Gasteiger partial charge in [-0.15, -0.1) is 10.2 Å². The molecular formula is C18H17F3N4O3. The van der Waals surface area contributed by atoms with E-state index in [1.165, 1.54) is 11.2 Å². The van der Waals surface area contributed by atoms with E-state index in [0.717, 1.165) is 9.95 Å². The van der Waals surface area contributed by atoms with E-state index in [2.05, 4.69) is 10.2 Å². The minimum absolute atomic E-state index is 0.0265. The van der Waals surface area contributed by atoms with Crippen molar-refractivity contribution < 1.29 is 27.1 Å². The molecule has 1 aromatic carbocycles. The Labute approximate surface area is 157 Å². The highest BCUT2D eigenvalue weighted by molar-refractivity contribution is 5.99. The topological polar surface area (TPSA) is 73.4 Å². The Morgan fingerprint density at radius 3 is 2.75 bits per heavy atom. The molecule has 28 heavy (non-hydrogen) atoms. The number of amides is 1. The van der Waals surface area contributed by atoms with E-state index >= 15 is 0 Å². The number of fused-ring (bicyclic) bond motifs is 2. The molecule has 0 fully saturated rings. The zero-order valence-corrected chi connectivity index (χ0v) is 15.2. The molecular weight excluding hydrogens is 377 g/mol. The van der Waals surface area contributed by atoms with Crippen molar-refractivity contribution in [1.82, 2.24) is 19.7 Å². The molecule has 2 aromatic heterocycles. The summed E-state index contributed by atoms with van der Waals surface area (Å²) in [4.78, 5) is 14.4. The van der Waals surface area contributed by atoms with Crippen LogP contribution in [0.1, 0.15) is 35.9 Å². The number of hydrogen-bond donors (Lipinski definition) is 0. The summed E-state index contributed by atoms with van der Waals surface area (Å²) in [6, 6.07) is 4.98. The maximum atomic E-state index is 13.0. The van der Waals surface area contributed by atoms with Gasteiger partial charge in [-0.2, -0.15) is 13.2 Å². The number of ether oxygens (including phenoxy) is 1. The van der Waals surface area contributed by atoms with Gasteiger partial charge in [0.05, 0.1) is 24.3 Å². The molecule has 1 aliphatic heterocycles. The van der Waals surface area contributed by atoms with Crippen molar-refractivity contribution >= 4 is 16.9 Å². The van der Waals surface area contributed by atoms with Gasteiger partial charge < -0.3 is 18.6 Å². The number of aromatic nitrogens is 3. The zero-order chi connectivity index (χ0) is 20.1. The van der Waals surface area contributed by atoms with Crippen LogP contribution < -0.4 is 4.74 Å². The van der Waals surface area contributed by atoms with Crippen LogP contribution in [0.5, 0.6) is 5.75 Å². The molecule has 0 unspecified atom stereocenters. The van der Waals surface area contributed by atoms with Gasteiger partial charge in [0.15, 0.2) is 5.82 Å². The van der Waals surface area contributed by atoms with Gasteiger partial charge in [-0.25, -0.2) is 0 Å². The van der Waals surface area contributed by atoms with Crippen molar-refractivity contribution in [3.63, 3.8) is 0 Å². The van der Waals surface area contributed by atoms with E-state index in [9.17, 15) is 18.0 Å². The van der Waals surface area contributed by atoms with Crippen LogP contribution in [-0.4, -0.2) is 38.2 Å². The van der Waals surface area contributed by atoms with Crippen LogP contribution in [0, 0.1) is 0 Å². The Morgan fingerprint density at radius 1 is 1.25 bits per heavy atom. The van der Waals surface area contributed by atoms with E-state index in [-0.39, 0.29) is 37.5 Å². The van der Waals surface area contributed by atoms with E-state index in [0.29, 0.717) is 16.9 Å². The van der Waals surface area contributed by atoms with Gasteiger partial charge in [0.1, 0.15) is 11.3 Å². The summed E-state index contributed by atoms with van der Waals surface area (Å²) in [5.41, 5.74) is 0.836. The van der Waals surface area contributed by atoms with E-state index < -0.39 is 12.0 Å². The summed E-state index contributed by atoms with van der Waals surface area (Å²) in [6.07, 6.45) is -3.17. The first-order valence-electron chi connectivity index (χ1n) is 8.70. The SMILES string of the molecule is CC(C)Oc1cc(C(=O)N2CCn3c(nnc3C(F)(F)F)C2)cc2occc12. The second kappa shape index (κ2) is 6.54. The van der Waals surface area contributed by atoms with Crippen LogP contribution in [0.2, 0.25) is 0 Å². The van der Waals surface area contributed by atoms with Crippen molar-refractivity contribution in [2.45, 2.75) is 39.2 Å². The molecule has 3 aromatic rings. The lowest BCUT2D eigenvalue weighted by Gasteiger charge is -2.28. The molecule has 0 saturated carbocycles. The summed E-state index contributed by atoms with van der Waals surface area (Å²) in [5, 5.41) is 7.58. The van der Waals surface area contributed by atoms with Gasteiger partial charge >= 0.3 is 6.18 Å². The monoisotopic (exact) mass is 394 g/mol. The minimum Gasteiger partial charge on any atom is -0.490 e. The Bertz CT molecular complexity index is 1040. The van der Waals surface area contributed by atoms with Gasteiger partial charge in [0, 0.05) is 18.7 Å². The highest BCUT2D eigenvalue weighted by atomic mass is 19.4. The number of halogens is 3. The lowest BCUT2D eigenvalue weighted by Crippen LogP contribution is -2.39. The summed E-state index contributed by atoms with van der Waals surface area (Å²) in [5.74, 6) is -0.761. The molecule has 148 valence electrons. The van der Waals surface area contributed by atoms with Gasteiger partial charge in [-0.05, 0) is 32.0 Å². The molecule has 10 heteroatoms. The highest BCUT2D eigenvalue weighted by Crippen LogP contribution is 2.32. The van der Waals surface area contributed by atoms with Crippen molar-refractivity contribution in [3.8, 4) is 5.75 Å². The molecule has 0 spiro atoms. The molecule has 7 nitrogen and oxygen atoms in total. The van der Waals surface area contributed by atoms with Crippen molar-refractivity contribution in [3.05, 3.63) is 41.7 Å². The quantitative estimate of drug-likeness (QED) is 0.680. The number of hydrogen-bond acceptors (Lipinski definition) is 5. The van der Waals surface area contributed by atoms with Crippen LogP contribution in [0.15, 0.2) is 28.9 Å². The van der Waals surface area contributed by atoms with Crippen LogP contribution >= 0.6 is 0 Å². The number of benzene rings is 1. The molecule has 1 amide bonds. The predicted octanol–water partition coefficient (Wildman–Crippen LogP) is 3.49. The normalized spacial score (nSPS) is 14.6. The second-order valence-electron chi connectivity index (χ2n) is 6.79. The molecule has 4 rings (SSSR count). The lowest BCUT2D eigenvalue weighted by atomic mass is 10.1. The molecule has 0 radical (unpaired) electrons. The van der Waals surface area contributed by atoms with Crippen molar-refractivity contribution in [1.29, 1.82) is 0 Å². The average Bonchev–Trinajstić information content (AvgIpc) is 3.26. The maximum absolute atomic E-state index is 13.0. The zero-order valence-electron chi connectivity index (χ0n) is 15.2. The summed E-state index contributed by atoms with van der Waals surface area (Å²) in [6.45, 7) is 3.77. The van der Waals surface area contributed by atoms with Crippen LogP contribution in [0.25, 0.3) is 11.0 Å². The summed E-state index contributed by atoms with van der Waals surface area (Å²) in [7, 11) is 0.